The van der Waals surface area contributed by atoms with Crippen LogP contribution in [0.3, 0.4) is 0 Å². The molecule has 1 rings (SSSR count). The second-order valence-corrected chi connectivity index (χ2v) is 5.06. The first-order valence-corrected chi connectivity index (χ1v) is 5.31. The van der Waals surface area contributed by atoms with Crippen molar-refractivity contribution in [3.63, 3.8) is 0 Å². The van der Waals surface area contributed by atoms with Crippen LogP contribution in [0, 0.1) is 0 Å². The highest BCUT2D eigenvalue weighted by atomic mass is 19.3. The van der Waals surface area contributed by atoms with Crippen molar-refractivity contribution < 1.29 is 8.78 Å². The molecule has 0 bridgehead atoms. The van der Waals surface area contributed by atoms with Gasteiger partial charge in [-0.05, 0) is 6.54 Å². The summed E-state index contributed by atoms with van der Waals surface area (Å²) in [6.45, 7) is 5.58. The summed E-state index contributed by atoms with van der Waals surface area (Å²) in [5.41, 5.74) is 5.25. The minimum atomic E-state index is -2.90. The molecule has 0 aliphatic heterocycles. The Labute approximate surface area is 94.6 Å². The Hall–Kier alpha value is -0.970. The third kappa shape index (κ3) is 2.58. The van der Waals surface area contributed by atoms with E-state index in [1.54, 1.807) is 7.05 Å². The summed E-state index contributed by atoms with van der Waals surface area (Å²) >= 11 is 0. The van der Waals surface area contributed by atoms with Gasteiger partial charge in [0.05, 0.1) is 11.3 Å². The van der Waals surface area contributed by atoms with Gasteiger partial charge in [-0.25, -0.2) is 8.78 Å². The molecule has 0 aliphatic carbocycles. The van der Waals surface area contributed by atoms with Crippen LogP contribution in [0.1, 0.15) is 38.4 Å². The number of nitrogens with two attached hydrogens (primary N) is 1. The van der Waals surface area contributed by atoms with Crippen molar-refractivity contribution in [3.8, 4) is 0 Å². The summed E-state index contributed by atoms with van der Waals surface area (Å²) in [6.07, 6.45) is 1.04. The lowest BCUT2D eigenvalue weighted by molar-refractivity contribution is -0.0124. The van der Waals surface area contributed by atoms with Crippen LogP contribution in [0.15, 0.2) is 6.20 Å². The molecule has 0 amide bonds. The highest BCUT2D eigenvalue weighted by molar-refractivity contribution is 5.28. The van der Waals surface area contributed by atoms with Gasteiger partial charge in [0, 0.05) is 25.1 Å². The van der Waals surface area contributed by atoms with Crippen LogP contribution >= 0.6 is 0 Å². The molecule has 0 spiro atoms. The maximum Gasteiger partial charge on any atom is 0.277 e. The second kappa shape index (κ2) is 4.13. The minimum absolute atomic E-state index is 0.00653. The van der Waals surface area contributed by atoms with E-state index >= 15 is 0 Å². The van der Waals surface area contributed by atoms with Crippen LogP contribution < -0.4 is 5.73 Å². The summed E-state index contributed by atoms with van der Waals surface area (Å²) in [6, 6.07) is 0. The summed E-state index contributed by atoms with van der Waals surface area (Å²) in [7, 11) is 1.65. The zero-order valence-electron chi connectivity index (χ0n) is 10.2. The number of hydrogen-bond acceptors (Lipinski definition) is 2. The highest BCUT2D eigenvalue weighted by Gasteiger charge is 2.38. The van der Waals surface area contributed by atoms with E-state index in [0.29, 0.717) is 5.69 Å². The fourth-order valence-corrected chi connectivity index (χ4v) is 1.63. The fourth-order valence-electron chi connectivity index (χ4n) is 1.63. The first-order valence-electron chi connectivity index (χ1n) is 5.31. The Morgan fingerprint density at radius 1 is 1.38 bits per heavy atom. The number of aromatic nitrogens is 2. The molecule has 0 saturated carbocycles. The lowest BCUT2D eigenvalue weighted by Crippen LogP contribution is -2.24. The molecular formula is C11H19F2N3. The number of aryl methyl sites for hydroxylation is 1. The monoisotopic (exact) mass is 231 g/mol. The lowest BCUT2D eigenvalue weighted by atomic mass is 9.87. The normalized spacial score (nSPS) is 13.2. The van der Waals surface area contributed by atoms with E-state index in [9.17, 15) is 8.78 Å². The molecule has 5 heteroatoms. The average molecular weight is 231 g/mol. The van der Waals surface area contributed by atoms with Crippen molar-refractivity contribution in [1.82, 2.24) is 9.78 Å². The van der Waals surface area contributed by atoms with Crippen LogP contribution in [-0.2, 0) is 18.4 Å². The Kier molecular flexibility index (Phi) is 3.38. The van der Waals surface area contributed by atoms with Gasteiger partial charge in [0.2, 0.25) is 0 Å². The smallest absolute Gasteiger partial charge is 0.277 e. The quantitative estimate of drug-likeness (QED) is 0.866. The van der Waals surface area contributed by atoms with Gasteiger partial charge >= 0.3 is 0 Å². The van der Waals surface area contributed by atoms with Crippen molar-refractivity contribution in [2.24, 2.45) is 12.8 Å². The standard InChI is InChI=1S/C11H19F2N3/c1-10(2,3)9-8(7-16(4)15-9)11(12,13)5-6-14/h7H,5-6,14H2,1-4H3. The number of halogens is 2. The molecule has 92 valence electrons. The molecule has 16 heavy (non-hydrogen) atoms. The van der Waals surface area contributed by atoms with Crippen LogP contribution in [-0.4, -0.2) is 16.3 Å². The van der Waals surface area contributed by atoms with Gasteiger partial charge in [0.15, 0.2) is 0 Å². The average Bonchev–Trinajstić information content (AvgIpc) is 2.46. The Morgan fingerprint density at radius 3 is 2.38 bits per heavy atom. The van der Waals surface area contributed by atoms with Gasteiger partial charge in [0.1, 0.15) is 0 Å². The molecule has 0 fully saturated rings. The molecule has 1 aromatic rings. The first kappa shape index (κ1) is 13.1. The SMILES string of the molecule is Cn1cc(C(F)(F)CCN)c(C(C)(C)C)n1. The molecule has 0 aliphatic rings. The van der Waals surface area contributed by atoms with Gasteiger partial charge in [-0.2, -0.15) is 5.10 Å². The van der Waals surface area contributed by atoms with E-state index in [4.69, 9.17) is 5.73 Å². The predicted molar refractivity (Wildman–Crippen MR) is 59.5 cm³/mol. The van der Waals surface area contributed by atoms with Gasteiger partial charge in [-0.15, -0.1) is 0 Å². The highest BCUT2D eigenvalue weighted by Crippen LogP contribution is 2.37. The van der Waals surface area contributed by atoms with Gasteiger partial charge in [-0.1, -0.05) is 20.8 Å². The molecule has 0 radical (unpaired) electrons. The molecule has 0 atom stereocenters. The third-order valence-electron chi connectivity index (χ3n) is 2.39. The van der Waals surface area contributed by atoms with Crippen LogP contribution in [0.2, 0.25) is 0 Å². The molecule has 3 nitrogen and oxygen atoms in total. The van der Waals surface area contributed by atoms with Crippen molar-refractivity contribution >= 4 is 0 Å². The first-order chi connectivity index (χ1) is 7.18. The van der Waals surface area contributed by atoms with Crippen molar-refractivity contribution in [2.75, 3.05) is 6.54 Å². The summed E-state index contributed by atoms with van der Waals surface area (Å²) in [5.74, 6) is -2.90. The maximum atomic E-state index is 13.8. The van der Waals surface area contributed by atoms with E-state index in [-0.39, 0.29) is 18.5 Å². The maximum absolute atomic E-state index is 13.8. The van der Waals surface area contributed by atoms with Gasteiger partial charge in [-0.3, -0.25) is 4.68 Å². The molecular weight excluding hydrogens is 212 g/mol. The van der Waals surface area contributed by atoms with Crippen molar-refractivity contribution in [1.29, 1.82) is 0 Å². The van der Waals surface area contributed by atoms with Crippen LogP contribution in [0.25, 0.3) is 0 Å². The van der Waals surface area contributed by atoms with E-state index in [1.807, 2.05) is 20.8 Å². The molecule has 1 heterocycles. The summed E-state index contributed by atoms with van der Waals surface area (Å²) in [5, 5.41) is 4.13. The molecule has 2 N–H and O–H groups in total. The molecule has 0 unspecified atom stereocenters. The molecule has 0 saturated heterocycles. The topological polar surface area (TPSA) is 43.8 Å². The number of nitrogens with zero attached hydrogens (tertiary/aromatic N) is 2. The van der Waals surface area contributed by atoms with E-state index in [0.717, 1.165) is 0 Å². The van der Waals surface area contributed by atoms with Gasteiger partial charge in [0.25, 0.3) is 5.92 Å². The molecule has 1 aromatic heterocycles. The summed E-state index contributed by atoms with van der Waals surface area (Å²) < 4.78 is 29.1. The Balaban J connectivity index is 3.23. The summed E-state index contributed by atoms with van der Waals surface area (Å²) in [4.78, 5) is 0. The number of alkyl halides is 2. The van der Waals surface area contributed by atoms with Gasteiger partial charge < -0.3 is 5.73 Å². The fraction of sp³-hybridized carbons (Fsp3) is 0.727. The van der Waals surface area contributed by atoms with Crippen molar-refractivity contribution in [2.45, 2.75) is 38.5 Å². The zero-order chi connectivity index (χ0) is 12.6. The number of hydrogen-bond donors (Lipinski definition) is 1. The third-order valence-corrected chi connectivity index (χ3v) is 2.39. The Bertz CT molecular complexity index is 364. The van der Waals surface area contributed by atoms with Crippen LogP contribution in [0.4, 0.5) is 8.78 Å². The predicted octanol–water partition coefficient (Wildman–Crippen LogP) is 2.16. The van der Waals surface area contributed by atoms with E-state index in [1.165, 1.54) is 10.9 Å². The van der Waals surface area contributed by atoms with E-state index < -0.39 is 11.3 Å². The Morgan fingerprint density at radius 2 is 1.94 bits per heavy atom. The molecule has 0 aromatic carbocycles. The lowest BCUT2D eigenvalue weighted by Gasteiger charge is -2.22. The number of rotatable bonds is 3. The zero-order valence-corrected chi connectivity index (χ0v) is 10.2. The van der Waals surface area contributed by atoms with Crippen molar-refractivity contribution in [3.05, 3.63) is 17.5 Å². The largest absolute Gasteiger partial charge is 0.330 e. The second-order valence-electron chi connectivity index (χ2n) is 5.06. The van der Waals surface area contributed by atoms with Crippen LogP contribution in [0.5, 0.6) is 0 Å². The minimum Gasteiger partial charge on any atom is -0.330 e. The van der Waals surface area contributed by atoms with E-state index in [2.05, 4.69) is 5.10 Å².